The van der Waals surface area contributed by atoms with Gasteiger partial charge in [0, 0.05) is 11.6 Å². The van der Waals surface area contributed by atoms with Crippen molar-refractivity contribution < 1.29 is 18.7 Å². The van der Waals surface area contributed by atoms with Gasteiger partial charge in [-0.25, -0.2) is 4.79 Å². The van der Waals surface area contributed by atoms with Crippen molar-refractivity contribution in [2.75, 3.05) is 6.61 Å². The quantitative estimate of drug-likeness (QED) is 0.476. The summed E-state index contributed by atoms with van der Waals surface area (Å²) in [7, 11) is 0. The van der Waals surface area contributed by atoms with Crippen molar-refractivity contribution in [2.45, 2.75) is 27.7 Å². The van der Waals surface area contributed by atoms with Crippen molar-refractivity contribution in [1.82, 2.24) is 0 Å². The monoisotopic (exact) mass is 312 g/mol. The summed E-state index contributed by atoms with van der Waals surface area (Å²) in [4.78, 5) is 24.0. The van der Waals surface area contributed by atoms with Crippen molar-refractivity contribution >= 4 is 17.8 Å². The van der Waals surface area contributed by atoms with Crippen LogP contribution in [-0.2, 0) is 9.53 Å². The van der Waals surface area contributed by atoms with Gasteiger partial charge in [0.1, 0.15) is 5.76 Å². The van der Waals surface area contributed by atoms with Crippen molar-refractivity contribution in [3.05, 3.63) is 64.1 Å². The van der Waals surface area contributed by atoms with Gasteiger partial charge in [0.05, 0.1) is 6.26 Å². The van der Waals surface area contributed by atoms with Gasteiger partial charge in [-0.05, 0) is 68.2 Å². The fraction of sp³-hybridized carbons (Fsp3) is 0.263. The first kappa shape index (κ1) is 16.7. The second kappa shape index (κ2) is 7.09. The van der Waals surface area contributed by atoms with Crippen LogP contribution < -0.4 is 0 Å². The van der Waals surface area contributed by atoms with Gasteiger partial charge in [0.15, 0.2) is 6.61 Å². The van der Waals surface area contributed by atoms with Crippen LogP contribution in [0.5, 0.6) is 0 Å². The van der Waals surface area contributed by atoms with Gasteiger partial charge in [-0.15, -0.1) is 0 Å². The van der Waals surface area contributed by atoms with Crippen LogP contribution in [0.4, 0.5) is 0 Å². The zero-order chi connectivity index (χ0) is 17.0. The minimum atomic E-state index is -0.575. The second-order valence-corrected chi connectivity index (χ2v) is 5.52. The molecule has 0 bridgehead atoms. The normalized spacial score (nSPS) is 11.0. The fourth-order valence-electron chi connectivity index (χ4n) is 2.51. The van der Waals surface area contributed by atoms with Crippen molar-refractivity contribution in [1.29, 1.82) is 0 Å². The molecule has 1 heterocycles. The van der Waals surface area contributed by atoms with E-state index in [0.717, 1.165) is 22.3 Å². The summed E-state index contributed by atoms with van der Waals surface area (Å²) in [5, 5.41) is 0. The molecule has 0 amide bonds. The third-order valence-electron chi connectivity index (χ3n) is 3.91. The lowest BCUT2D eigenvalue weighted by molar-refractivity contribution is -0.136. The molecule has 0 N–H and O–H groups in total. The molecule has 0 saturated heterocycles. The van der Waals surface area contributed by atoms with E-state index in [4.69, 9.17) is 9.15 Å². The highest BCUT2D eigenvalue weighted by molar-refractivity contribution is 6.01. The van der Waals surface area contributed by atoms with Crippen LogP contribution in [0.2, 0.25) is 0 Å². The maximum absolute atomic E-state index is 12.4. The summed E-state index contributed by atoms with van der Waals surface area (Å²) in [6.45, 7) is 7.54. The largest absolute Gasteiger partial charge is 0.465 e. The number of furan rings is 1. The van der Waals surface area contributed by atoms with Crippen LogP contribution in [0, 0.1) is 27.7 Å². The summed E-state index contributed by atoms with van der Waals surface area (Å²) in [5.74, 6) is -0.217. The van der Waals surface area contributed by atoms with Crippen LogP contribution in [-0.4, -0.2) is 18.4 Å². The van der Waals surface area contributed by atoms with Crippen LogP contribution in [0.1, 0.15) is 38.4 Å². The summed E-state index contributed by atoms with van der Waals surface area (Å²) < 4.78 is 10.1. The minimum Gasteiger partial charge on any atom is -0.465 e. The first-order chi connectivity index (χ1) is 10.9. The second-order valence-electron chi connectivity index (χ2n) is 5.52. The zero-order valence-corrected chi connectivity index (χ0v) is 13.8. The first-order valence-electron chi connectivity index (χ1n) is 7.39. The highest BCUT2D eigenvalue weighted by Gasteiger charge is 2.16. The average Bonchev–Trinajstić information content (AvgIpc) is 3.02. The molecule has 0 aliphatic heterocycles. The van der Waals surface area contributed by atoms with Crippen LogP contribution >= 0.6 is 0 Å². The van der Waals surface area contributed by atoms with Gasteiger partial charge in [-0.3, -0.25) is 4.79 Å². The molecule has 0 aliphatic rings. The van der Waals surface area contributed by atoms with E-state index >= 15 is 0 Å². The Morgan fingerprint density at radius 3 is 2.52 bits per heavy atom. The molecule has 4 nitrogen and oxygen atoms in total. The van der Waals surface area contributed by atoms with Crippen LogP contribution in [0.25, 0.3) is 6.08 Å². The topological polar surface area (TPSA) is 56.5 Å². The predicted molar refractivity (Wildman–Crippen MR) is 88.4 cm³/mol. The number of aryl methyl sites for hydroxylation is 2. The van der Waals surface area contributed by atoms with Crippen molar-refractivity contribution in [2.24, 2.45) is 0 Å². The maximum Gasteiger partial charge on any atom is 0.331 e. The lowest BCUT2D eigenvalue weighted by atomic mass is 9.92. The van der Waals surface area contributed by atoms with E-state index in [1.165, 1.54) is 18.4 Å². The molecule has 2 aromatic rings. The third kappa shape index (κ3) is 3.97. The van der Waals surface area contributed by atoms with Gasteiger partial charge in [0.2, 0.25) is 5.78 Å². The predicted octanol–water partition coefficient (Wildman–Crippen LogP) is 3.95. The van der Waals surface area contributed by atoms with Crippen LogP contribution in [0.15, 0.2) is 35.0 Å². The Bertz CT molecular complexity index is 752. The molecule has 0 saturated carbocycles. The standard InChI is InChI=1S/C19H20O4/c1-12-10-13(2)19(15(4)14(12)3)17(20)11-23-18(21)8-7-16-6-5-9-22-16/h5-10H,11H2,1-4H3/b8-7+. The number of ether oxygens (including phenoxy) is 1. The molecule has 0 aliphatic carbocycles. The Morgan fingerprint density at radius 1 is 1.13 bits per heavy atom. The van der Waals surface area contributed by atoms with E-state index in [1.807, 2.05) is 33.8 Å². The SMILES string of the molecule is Cc1cc(C)c(C(=O)COC(=O)/C=C/c2ccco2)c(C)c1C. The zero-order valence-electron chi connectivity index (χ0n) is 13.8. The summed E-state index contributed by atoms with van der Waals surface area (Å²) in [6.07, 6.45) is 4.26. The summed E-state index contributed by atoms with van der Waals surface area (Å²) >= 11 is 0. The fourth-order valence-corrected chi connectivity index (χ4v) is 2.51. The van der Waals surface area contributed by atoms with E-state index in [2.05, 4.69) is 0 Å². The average molecular weight is 312 g/mol. The Hall–Kier alpha value is -2.62. The highest BCUT2D eigenvalue weighted by atomic mass is 16.5. The van der Waals surface area contributed by atoms with Crippen LogP contribution in [0.3, 0.4) is 0 Å². The van der Waals surface area contributed by atoms with Gasteiger partial charge < -0.3 is 9.15 Å². The van der Waals surface area contributed by atoms with Gasteiger partial charge >= 0.3 is 5.97 Å². The highest BCUT2D eigenvalue weighted by Crippen LogP contribution is 2.22. The molecule has 120 valence electrons. The Balaban J connectivity index is 2.03. The number of Topliss-reactive ketones (excluding diaryl/α,β-unsaturated/α-hetero) is 1. The van der Waals surface area contributed by atoms with Gasteiger partial charge in [-0.1, -0.05) is 6.07 Å². The molecule has 0 radical (unpaired) electrons. The Kier molecular flexibility index (Phi) is 5.16. The number of hydrogen-bond donors (Lipinski definition) is 0. The minimum absolute atomic E-state index is 0.192. The molecule has 0 atom stereocenters. The lowest BCUT2D eigenvalue weighted by Crippen LogP contribution is -2.16. The van der Waals surface area contributed by atoms with Crippen molar-refractivity contribution in [3.63, 3.8) is 0 Å². The number of carbonyl (C=O) groups is 2. The Morgan fingerprint density at radius 2 is 1.87 bits per heavy atom. The third-order valence-corrected chi connectivity index (χ3v) is 3.91. The number of hydrogen-bond acceptors (Lipinski definition) is 4. The first-order valence-corrected chi connectivity index (χ1v) is 7.39. The van der Waals surface area contributed by atoms with Crippen molar-refractivity contribution in [3.8, 4) is 0 Å². The number of esters is 1. The number of benzene rings is 1. The molecule has 2 rings (SSSR count). The van der Waals surface area contributed by atoms with E-state index in [9.17, 15) is 9.59 Å². The maximum atomic E-state index is 12.4. The molecule has 1 aromatic heterocycles. The molecule has 0 spiro atoms. The summed E-state index contributed by atoms with van der Waals surface area (Å²) in [6, 6.07) is 5.42. The lowest BCUT2D eigenvalue weighted by Gasteiger charge is -2.14. The van der Waals surface area contributed by atoms with E-state index in [-0.39, 0.29) is 12.4 Å². The molecule has 0 unspecified atom stereocenters. The molecule has 4 heteroatoms. The number of ketones is 1. The van der Waals surface area contributed by atoms with E-state index in [0.29, 0.717) is 11.3 Å². The van der Waals surface area contributed by atoms with E-state index in [1.54, 1.807) is 12.1 Å². The molecular weight excluding hydrogens is 292 g/mol. The van der Waals surface area contributed by atoms with Gasteiger partial charge in [0.25, 0.3) is 0 Å². The Labute approximate surface area is 135 Å². The molecular formula is C19H20O4. The smallest absolute Gasteiger partial charge is 0.331 e. The number of carbonyl (C=O) groups excluding carboxylic acids is 2. The molecule has 1 aromatic carbocycles. The number of rotatable bonds is 5. The molecule has 0 fully saturated rings. The van der Waals surface area contributed by atoms with E-state index < -0.39 is 5.97 Å². The molecule has 23 heavy (non-hydrogen) atoms. The van der Waals surface area contributed by atoms with Gasteiger partial charge in [-0.2, -0.15) is 0 Å². The summed E-state index contributed by atoms with van der Waals surface area (Å²) in [5.41, 5.74) is 4.71.